The minimum Gasteiger partial charge on any atom is -0.379 e. The summed E-state index contributed by atoms with van der Waals surface area (Å²) in [5.41, 5.74) is 4.03. The minimum atomic E-state index is -0.191. The van der Waals surface area contributed by atoms with Gasteiger partial charge in [-0.3, -0.25) is 4.98 Å². The van der Waals surface area contributed by atoms with Crippen molar-refractivity contribution in [3.05, 3.63) is 59.2 Å². The number of aromatic nitrogens is 1. The number of anilines is 1. The second-order valence-electron chi connectivity index (χ2n) is 4.06. The third-order valence-electron chi connectivity index (χ3n) is 2.78. The summed E-state index contributed by atoms with van der Waals surface area (Å²) in [7, 11) is 0. The second kappa shape index (κ2) is 4.95. The summed E-state index contributed by atoms with van der Waals surface area (Å²) in [6.07, 6.45) is 1.77. The summed E-state index contributed by atoms with van der Waals surface area (Å²) >= 11 is 0. The number of hydrogen-bond donors (Lipinski definition) is 1. The number of pyridine rings is 1. The molecular weight excluding hydrogens is 215 g/mol. The average Bonchev–Trinajstić information content (AvgIpc) is 2.30. The third-order valence-corrected chi connectivity index (χ3v) is 2.78. The highest BCUT2D eigenvalue weighted by Crippen LogP contribution is 2.15. The third kappa shape index (κ3) is 2.81. The molecule has 0 unspecified atom stereocenters. The van der Waals surface area contributed by atoms with Crippen LogP contribution >= 0.6 is 0 Å². The summed E-state index contributed by atoms with van der Waals surface area (Å²) in [5, 5.41) is 3.30. The Bertz CT molecular complexity index is 523. The molecule has 2 rings (SSSR count). The monoisotopic (exact) mass is 230 g/mol. The molecule has 0 saturated carbocycles. The van der Waals surface area contributed by atoms with E-state index in [-0.39, 0.29) is 5.82 Å². The van der Waals surface area contributed by atoms with Gasteiger partial charge >= 0.3 is 0 Å². The lowest BCUT2D eigenvalue weighted by atomic mass is 10.1. The Labute approximate surface area is 101 Å². The van der Waals surface area contributed by atoms with Crippen LogP contribution < -0.4 is 5.32 Å². The second-order valence-corrected chi connectivity index (χ2v) is 4.06. The molecular formula is C14H15FN2. The van der Waals surface area contributed by atoms with Crippen LogP contribution in [0.5, 0.6) is 0 Å². The minimum absolute atomic E-state index is 0.191. The van der Waals surface area contributed by atoms with E-state index in [1.165, 1.54) is 6.07 Å². The van der Waals surface area contributed by atoms with Gasteiger partial charge in [0.1, 0.15) is 5.82 Å². The topological polar surface area (TPSA) is 24.9 Å². The quantitative estimate of drug-likeness (QED) is 0.873. The Morgan fingerprint density at radius 1 is 1.24 bits per heavy atom. The fourth-order valence-corrected chi connectivity index (χ4v) is 1.72. The predicted molar refractivity (Wildman–Crippen MR) is 67.4 cm³/mol. The molecule has 0 radical (unpaired) electrons. The summed E-state index contributed by atoms with van der Waals surface area (Å²) in [5.74, 6) is -0.191. The zero-order chi connectivity index (χ0) is 12.3. The van der Waals surface area contributed by atoms with E-state index < -0.39 is 0 Å². The fourth-order valence-electron chi connectivity index (χ4n) is 1.72. The molecule has 0 aliphatic rings. The molecule has 88 valence electrons. The summed E-state index contributed by atoms with van der Waals surface area (Å²) < 4.78 is 12.9. The maximum absolute atomic E-state index is 12.9. The molecule has 17 heavy (non-hydrogen) atoms. The first-order valence-electron chi connectivity index (χ1n) is 5.57. The lowest BCUT2D eigenvalue weighted by molar-refractivity contribution is 0.625. The Hall–Kier alpha value is -1.90. The van der Waals surface area contributed by atoms with Gasteiger partial charge in [-0.25, -0.2) is 4.39 Å². The molecule has 1 heterocycles. The zero-order valence-corrected chi connectivity index (χ0v) is 10.00. The van der Waals surface area contributed by atoms with Crippen LogP contribution in [0.1, 0.15) is 16.8 Å². The largest absolute Gasteiger partial charge is 0.379 e. The Kier molecular flexibility index (Phi) is 3.38. The number of nitrogens with one attached hydrogen (secondary N) is 1. The number of benzene rings is 1. The van der Waals surface area contributed by atoms with Gasteiger partial charge in [0.05, 0.1) is 11.4 Å². The van der Waals surface area contributed by atoms with Crippen molar-refractivity contribution in [2.45, 2.75) is 20.4 Å². The maximum atomic E-state index is 12.9. The van der Waals surface area contributed by atoms with Gasteiger partial charge in [0.25, 0.3) is 0 Å². The molecule has 1 aromatic carbocycles. The van der Waals surface area contributed by atoms with E-state index in [1.54, 1.807) is 12.3 Å². The Balaban J connectivity index is 2.10. The smallest absolute Gasteiger partial charge is 0.123 e. The van der Waals surface area contributed by atoms with Gasteiger partial charge in [-0.05, 0) is 49.2 Å². The number of halogens is 1. The predicted octanol–water partition coefficient (Wildman–Crippen LogP) is 3.45. The van der Waals surface area contributed by atoms with Crippen molar-refractivity contribution in [2.75, 3.05) is 5.32 Å². The van der Waals surface area contributed by atoms with Crippen LogP contribution in [0.3, 0.4) is 0 Å². The summed E-state index contributed by atoms with van der Waals surface area (Å²) in [4.78, 5) is 4.21. The van der Waals surface area contributed by atoms with Gasteiger partial charge in [0.2, 0.25) is 0 Å². The molecule has 2 aromatic rings. The van der Waals surface area contributed by atoms with E-state index in [0.29, 0.717) is 6.54 Å². The zero-order valence-electron chi connectivity index (χ0n) is 10.00. The van der Waals surface area contributed by atoms with Crippen LogP contribution in [-0.2, 0) is 6.54 Å². The van der Waals surface area contributed by atoms with Crippen LogP contribution in [0.2, 0.25) is 0 Å². The number of rotatable bonds is 3. The van der Waals surface area contributed by atoms with Gasteiger partial charge in [-0.1, -0.05) is 6.07 Å². The molecule has 0 bridgehead atoms. The van der Waals surface area contributed by atoms with Gasteiger partial charge in [0.15, 0.2) is 0 Å². The molecule has 1 aromatic heterocycles. The van der Waals surface area contributed by atoms with Gasteiger partial charge < -0.3 is 5.32 Å². The highest BCUT2D eigenvalue weighted by Gasteiger charge is 2.01. The number of aryl methyl sites for hydroxylation is 2. The Morgan fingerprint density at radius 2 is 2.06 bits per heavy atom. The van der Waals surface area contributed by atoms with Crippen LogP contribution in [-0.4, -0.2) is 4.98 Å². The van der Waals surface area contributed by atoms with Gasteiger partial charge in [-0.15, -0.1) is 0 Å². The summed E-state index contributed by atoms with van der Waals surface area (Å²) in [6.45, 7) is 4.55. The lowest BCUT2D eigenvalue weighted by Crippen LogP contribution is -2.03. The molecule has 2 nitrogen and oxygen atoms in total. The fraction of sp³-hybridized carbons (Fsp3) is 0.214. The maximum Gasteiger partial charge on any atom is 0.123 e. The summed E-state index contributed by atoms with van der Waals surface area (Å²) in [6, 6.07) is 8.73. The molecule has 0 aliphatic carbocycles. The van der Waals surface area contributed by atoms with Crippen molar-refractivity contribution in [3.63, 3.8) is 0 Å². The van der Waals surface area contributed by atoms with Crippen molar-refractivity contribution in [1.82, 2.24) is 4.98 Å². The highest BCUT2D eigenvalue weighted by molar-refractivity contribution is 5.47. The molecule has 0 spiro atoms. The van der Waals surface area contributed by atoms with Gasteiger partial charge in [-0.2, -0.15) is 0 Å². The van der Waals surface area contributed by atoms with Gasteiger partial charge in [0, 0.05) is 12.7 Å². The first-order chi connectivity index (χ1) is 8.16. The van der Waals surface area contributed by atoms with E-state index >= 15 is 0 Å². The van der Waals surface area contributed by atoms with Crippen molar-refractivity contribution >= 4 is 5.69 Å². The molecule has 0 saturated heterocycles. The van der Waals surface area contributed by atoms with E-state index in [0.717, 1.165) is 22.5 Å². The number of hydrogen-bond acceptors (Lipinski definition) is 2. The molecule has 0 atom stereocenters. The van der Waals surface area contributed by atoms with Crippen LogP contribution in [0.4, 0.5) is 10.1 Å². The van der Waals surface area contributed by atoms with Crippen molar-refractivity contribution in [3.8, 4) is 0 Å². The molecule has 3 heteroatoms. The van der Waals surface area contributed by atoms with E-state index in [1.807, 2.05) is 32.0 Å². The molecule has 0 amide bonds. The van der Waals surface area contributed by atoms with Crippen LogP contribution in [0, 0.1) is 19.7 Å². The molecule has 0 fully saturated rings. The van der Waals surface area contributed by atoms with Crippen molar-refractivity contribution in [1.29, 1.82) is 0 Å². The number of nitrogens with zero attached hydrogens (tertiary/aromatic N) is 1. The van der Waals surface area contributed by atoms with E-state index in [4.69, 9.17) is 0 Å². The lowest BCUT2D eigenvalue weighted by Gasteiger charge is -2.10. The van der Waals surface area contributed by atoms with E-state index in [2.05, 4.69) is 10.3 Å². The molecule has 1 N–H and O–H groups in total. The SMILES string of the molecule is Cc1cc(F)ccc1CNc1cccnc1C. The normalized spacial score (nSPS) is 10.3. The average molecular weight is 230 g/mol. The van der Waals surface area contributed by atoms with Crippen molar-refractivity contribution < 1.29 is 4.39 Å². The van der Waals surface area contributed by atoms with E-state index in [9.17, 15) is 4.39 Å². The first kappa shape index (κ1) is 11.6. The first-order valence-corrected chi connectivity index (χ1v) is 5.57. The van der Waals surface area contributed by atoms with Crippen molar-refractivity contribution in [2.24, 2.45) is 0 Å². The molecule has 0 aliphatic heterocycles. The van der Waals surface area contributed by atoms with Crippen LogP contribution in [0.25, 0.3) is 0 Å². The Morgan fingerprint density at radius 3 is 2.76 bits per heavy atom. The highest BCUT2D eigenvalue weighted by atomic mass is 19.1. The standard InChI is InChI=1S/C14H15FN2/c1-10-8-13(15)6-5-12(10)9-17-14-4-3-7-16-11(14)2/h3-8,17H,9H2,1-2H3. The van der Waals surface area contributed by atoms with Crippen LogP contribution in [0.15, 0.2) is 36.5 Å².